The maximum Gasteiger partial charge on any atom is 0.407 e. The number of ether oxygens (including phenoxy) is 1. The van der Waals surface area contributed by atoms with Crippen molar-refractivity contribution in [3.63, 3.8) is 0 Å². The first kappa shape index (κ1) is 18.6. The molecule has 3 N–H and O–H groups in total. The summed E-state index contributed by atoms with van der Waals surface area (Å²) in [6.07, 6.45) is -3.06. The van der Waals surface area contributed by atoms with Gasteiger partial charge in [-0.15, -0.1) is 0 Å². The highest BCUT2D eigenvalue weighted by molar-refractivity contribution is 5.94. The molecule has 0 aliphatic carbocycles. The first-order valence-electron chi connectivity index (χ1n) is 7.89. The van der Waals surface area contributed by atoms with Crippen LogP contribution in [0.5, 0.6) is 0 Å². The summed E-state index contributed by atoms with van der Waals surface area (Å²) in [6.45, 7) is 1.41. The number of aliphatic hydroxyl groups is 2. The minimum atomic E-state index is -1.20. The highest BCUT2D eigenvalue weighted by Crippen LogP contribution is 2.17. The van der Waals surface area contributed by atoms with Gasteiger partial charge in [0.1, 0.15) is 18.8 Å². The standard InChI is InChI=1S/C19H21NO5/c1-13(21)15-7-9-16(10-8-15)18(23)17(22)11-20-19(24)25-12-14-5-3-2-4-6-14/h2-10,17-18,22-23H,11-12H2,1H3,(H,20,24). The number of amides is 1. The van der Waals surface area contributed by atoms with Crippen LogP contribution in [0.1, 0.15) is 34.5 Å². The third kappa shape index (κ3) is 5.70. The average Bonchev–Trinajstić information content (AvgIpc) is 2.64. The molecule has 0 saturated heterocycles. The Labute approximate surface area is 146 Å². The number of rotatable bonds is 7. The number of carbonyl (C=O) groups excluding carboxylic acids is 2. The Bertz CT molecular complexity index is 700. The van der Waals surface area contributed by atoms with Gasteiger partial charge in [-0.2, -0.15) is 0 Å². The summed E-state index contributed by atoms with van der Waals surface area (Å²) in [5.41, 5.74) is 1.83. The van der Waals surface area contributed by atoms with Crippen molar-refractivity contribution in [2.45, 2.75) is 25.7 Å². The zero-order chi connectivity index (χ0) is 18.2. The van der Waals surface area contributed by atoms with Gasteiger partial charge >= 0.3 is 6.09 Å². The Hall–Kier alpha value is -2.70. The summed E-state index contributed by atoms with van der Waals surface area (Å²) >= 11 is 0. The number of aliphatic hydroxyl groups excluding tert-OH is 2. The van der Waals surface area contributed by atoms with E-state index >= 15 is 0 Å². The van der Waals surface area contributed by atoms with E-state index in [1.165, 1.54) is 6.92 Å². The number of hydrogen-bond donors (Lipinski definition) is 3. The van der Waals surface area contributed by atoms with Crippen LogP contribution in [0.15, 0.2) is 54.6 Å². The lowest BCUT2D eigenvalue weighted by Gasteiger charge is -2.18. The number of benzene rings is 2. The number of alkyl carbamates (subject to hydrolysis) is 1. The van der Waals surface area contributed by atoms with Crippen LogP contribution in [0.4, 0.5) is 4.79 Å². The third-order valence-corrected chi connectivity index (χ3v) is 3.69. The van der Waals surface area contributed by atoms with Gasteiger partial charge < -0.3 is 20.3 Å². The van der Waals surface area contributed by atoms with Gasteiger partial charge in [0.25, 0.3) is 0 Å². The Morgan fingerprint density at radius 1 is 1.04 bits per heavy atom. The molecule has 0 heterocycles. The van der Waals surface area contributed by atoms with E-state index in [2.05, 4.69) is 5.32 Å². The van der Waals surface area contributed by atoms with Crippen molar-refractivity contribution in [2.75, 3.05) is 6.54 Å². The predicted octanol–water partition coefficient (Wildman–Crippen LogP) is 2.21. The lowest BCUT2D eigenvalue weighted by atomic mass is 10.0. The molecule has 2 aromatic rings. The summed E-state index contributed by atoms with van der Waals surface area (Å²) in [5.74, 6) is -0.0792. The number of ketones is 1. The van der Waals surface area contributed by atoms with Crippen molar-refractivity contribution in [3.8, 4) is 0 Å². The van der Waals surface area contributed by atoms with Gasteiger partial charge in [-0.05, 0) is 18.1 Å². The van der Waals surface area contributed by atoms with E-state index in [0.29, 0.717) is 11.1 Å². The van der Waals surface area contributed by atoms with Gasteiger partial charge in [0.2, 0.25) is 0 Å². The van der Waals surface area contributed by atoms with E-state index < -0.39 is 18.3 Å². The maximum atomic E-state index is 11.6. The maximum absolute atomic E-state index is 11.6. The molecular formula is C19H21NO5. The van der Waals surface area contributed by atoms with Crippen LogP contribution in [0.2, 0.25) is 0 Å². The number of nitrogens with one attached hydrogen (secondary N) is 1. The fourth-order valence-electron chi connectivity index (χ4n) is 2.21. The second kappa shape index (κ2) is 8.96. The van der Waals surface area contributed by atoms with Crippen molar-refractivity contribution in [1.82, 2.24) is 5.32 Å². The monoisotopic (exact) mass is 343 g/mol. The number of hydrogen-bond acceptors (Lipinski definition) is 5. The van der Waals surface area contributed by atoms with Crippen molar-refractivity contribution in [2.24, 2.45) is 0 Å². The molecule has 1 amide bonds. The molecule has 2 unspecified atom stereocenters. The van der Waals surface area contributed by atoms with Gasteiger partial charge in [-0.25, -0.2) is 4.79 Å². The van der Waals surface area contributed by atoms with Crippen LogP contribution in [-0.2, 0) is 11.3 Å². The van der Waals surface area contributed by atoms with Gasteiger partial charge in [0.05, 0.1) is 0 Å². The zero-order valence-corrected chi connectivity index (χ0v) is 13.9. The van der Waals surface area contributed by atoms with Crippen molar-refractivity contribution < 1.29 is 24.5 Å². The van der Waals surface area contributed by atoms with Crippen molar-refractivity contribution >= 4 is 11.9 Å². The Kier molecular flexibility index (Phi) is 6.68. The predicted molar refractivity (Wildman–Crippen MR) is 92.0 cm³/mol. The molecule has 2 rings (SSSR count). The molecule has 0 radical (unpaired) electrons. The minimum Gasteiger partial charge on any atom is -0.445 e. The van der Waals surface area contributed by atoms with Crippen LogP contribution < -0.4 is 5.32 Å². The lowest BCUT2D eigenvalue weighted by Crippen LogP contribution is -2.35. The lowest BCUT2D eigenvalue weighted by molar-refractivity contribution is 0.0184. The van der Waals surface area contributed by atoms with E-state index in [4.69, 9.17) is 4.74 Å². The van der Waals surface area contributed by atoms with E-state index in [0.717, 1.165) is 5.56 Å². The fraction of sp³-hybridized carbons (Fsp3) is 0.263. The van der Waals surface area contributed by atoms with Crippen LogP contribution in [0, 0.1) is 0 Å². The number of Topliss-reactive ketones (excluding diaryl/α,β-unsaturated/α-hetero) is 1. The summed E-state index contributed by atoms with van der Waals surface area (Å²) in [5, 5.41) is 22.5. The smallest absolute Gasteiger partial charge is 0.407 e. The summed E-state index contributed by atoms with van der Waals surface area (Å²) in [6, 6.07) is 15.5. The highest BCUT2D eigenvalue weighted by atomic mass is 16.5. The molecule has 2 aromatic carbocycles. The summed E-state index contributed by atoms with van der Waals surface area (Å²) < 4.78 is 5.03. The largest absolute Gasteiger partial charge is 0.445 e. The molecule has 6 heteroatoms. The zero-order valence-electron chi connectivity index (χ0n) is 13.9. The molecule has 0 aliphatic heterocycles. The second-order valence-corrected chi connectivity index (χ2v) is 5.63. The molecule has 0 aromatic heterocycles. The van der Waals surface area contributed by atoms with Gasteiger partial charge in [-0.1, -0.05) is 54.6 Å². The molecule has 132 valence electrons. The Morgan fingerprint density at radius 2 is 1.68 bits per heavy atom. The van der Waals surface area contributed by atoms with Crippen LogP contribution in [0.25, 0.3) is 0 Å². The molecule has 0 fully saturated rings. The van der Waals surface area contributed by atoms with Crippen LogP contribution >= 0.6 is 0 Å². The summed E-state index contributed by atoms with van der Waals surface area (Å²) in [7, 11) is 0. The first-order valence-corrected chi connectivity index (χ1v) is 7.89. The fourth-order valence-corrected chi connectivity index (χ4v) is 2.21. The molecular weight excluding hydrogens is 322 g/mol. The molecule has 2 atom stereocenters. The topological polar surface area (TPSA) is 95.9 Å². The van der Waals surface area contributed by atoms with Gasteiger partial charge in [-0.3, -0.25) is 4.79 Å². The van der Waals surface area contributed by atoms with E-state index in [1.54, 1.807) is 24.3 Å². The Morgan fingerprint density at radius 3 is 2.28 bits per heavy atom. The minimum absolute atomic E-state index is 0.0792. The van der Waals surface area contributed by atoms with E-state index in [9.17, 15) is 19.8 Å². The van der Waals surface area contributed by atoms with Crippen molar-refractivity contribution in [3.05, 3.63) is 71.3 Å². The van der Waals surface area contributed by atoms with Gasteiger partial charge in [0, 0.05) is 12.1 Å². The molecule has 0 saturated carbocycles. The second-order valence-electron chi connectivity index (χ2n) is 5.63. The normalized spacial score (nSPS) is 12.9. The SMILES string of the molecule is CC(=O)c1ccc(C(O)C(O)CNC(=O)OCc2ccccc2)cc1. The summed E-state index contributed by atoms with van der Waals surface area (Å²) in [4.78, 5) is 22.9. The van der Waals surface area contributed by atoms with E-state index in [-0.39, 0.29) is 18.9 Å². The molecule has 6 nitrogen and oxygen atoms in total. The van der Waals surface area contributed by atoms with Crippen LogP contribution in [-0.4, -0.2) is 34.7 Å². The number of carbonyl (C=O) groups is 2. The molecule has 25 heavy (non-hydrogen) atoms. The van der Waals surface area contributed by atoms with Gasteiger partial charge in [0.15, 0.2) is 5.78 Å². The third-order valence-electron chi connectivity index (χ3n) is 3.69. The van der Waals surface area contributed by atoms with Crippen molar-refractivity contribution in [1.29, 1.82) is 0 Å². The average molecular weight is 343 g/mol. The molecule has 0 spiro atoms. The molecule has 0 aliphatic rings. The highest BCUT2D eigenvalue weighted by Gasteiger charge is 2.19. The van der Waals surface area contributed by atoms with E-state index in [1.807, 2.05) is 30.3 Å². The quantitative estimate of drug-likeness (QED) is 0.670. The first-order chi connectivity index (χ1) is 12.0. The Balaban J connectivity index is 1.79. The molecule has 0 bridgehead atoms. The van der Waals surface area contributed by atoms with Crippen LogP contribution in [0.3, 0.4) is 0 Å².